The van der Waals surface area contributed by atoms with Crippen molar-refractivity contribution >= 4 is 27.0 Å². The van der Waals surface area contributed by atoms with E-state index >= 15 is 0 Å². The molecule has 11 heteroatoms. The van der Waals surface area contributed by atoms with E-state index in [-0.39, 0.29) is 23.3 Å². The second-order valence-electron chi connectivity index (χ2n) is 8.16. The first-order valence-corrected chi connectivity index (χ1v) is 12.1. The van der Waals surface area contributed by atoms with E-state index in [9.17, 15) is 26.4 Å². The molecule has 184 valence electrons. The fourth-order valence-electron chi connectivity index (χ4n) is 3.65. The van der Waals surface area contributed by atoms with Crippen molar-refractivity contribution in [2.75, 3.05) is 14.1 Å². The summed E-state index contributed by atoms with van der Waals surface area (Å²) in [6.45, 7) is 4.14. The topological polar surface area (TPSA) is 84.3 Å². The van der Waals surface area contributed by atoms with Gasteiger partial charge in [-0.15, -0.1) is 0 Å². The summed E-state index contributed by atoms with van der Waals surface area (Å²) < 4.78 is 68.5. The number of hydrogen-bond donors (Lipinski definition) is 1. The quantitative estimate of drug-likeness (QED) is 0.512. The molecule has 0 spiro atoms. The van der Waals surface area contributed by atoms with Crippen molar-refractivity contribution in [2.45, 2.75) is 50.3 Å². The third-order valence-corrected chi connectivity index (χ3v) is 7.32. The Hall–Kier alpha value is -2.92. The Bertz CT molecular complexity index is 1280. The van der Waals surface area contributed by atoms with Crippen molar-refractivity contribution in [3.63, 3.8) is 0 Å². The molecule has 1 atom stereocenters. The molecule has 0 aliphatic carbocycles. The van der Waals surface area contributed by atoms with E-state index < -0.39 is 28.1 Å². The molecule has 0 fully saturated rings. The monoisotopic (exact) mass is 496 g/mol. The Morgan fingerprint density at radius 3 is 2.35 bits per heavy atom. The minimum atomic E-state index is -4.64. The van der Waals surface area contributed by atoms with Crippen LogP contribution in [0.15, 0.2) is 47.4 Å². The molecule has 0 saturated carbocycles. The highest BCUT2D eigenvalue weighted by Gasteiger charge is 2.41. The molecule has 7 nitrogen and oxygen atoms in total. The van der Waals surface area contributed by atoms with Gasteiger partial charge in [-0.05, 0) is 37.6 Å². The van der Waals surface area contributed by atoms with Gasteiger partial charge in [-0.3, -0.25) is 4.79 Å². The average Bonchev–Trinajstić information content (AvgIpc) is 3.12. The van der Waals surface area contributed by atoms with Crippen LogP contribution in [0.5, 0.6) is 0 Å². The van der Waals surface area contributed by atoms with Gasteiger partial charge in [0.15, 0.2) is 6.04 Å². The molecule has 3 aromatic rings. The van der Waals surface area contributed by atoms with Crippen LogP contribution in [0.2, 0.25) is 0 Å². The molecule has 0 radical (unpaired) electrons. The number of aromatic nitrogens is 2. The number of hydrogen-bond acceptors (Lipinski definition) is 4. The molecule has 0 aliphatic rings. The second-order valence-corrected chi connectivity index (χ2v) is 10.3. The Kier molecular flexibility index (Phi) is 7.37. The number of imidazole rings is 1. The van der Waals surface area contributed by atoms with Gasteiger partial charge in [0.1, 0.15) is 5.82 Å². The molecular weight excluding hydrogens is 469 g/mol. The first kappa shape index (κ1) is 25.7. The Morgan fingerprint density at radius 2 is 1.79 bits per heavy atom. The molecule has 0 unspecified atom stereocenters. The number of amides is 1. The predicted molar refractivity (Wildman–Crippen MR) is 123 cm³/mol. The van der Waals surface area contributed by atoms with Crippen molar-refractivity contribution in [3.05, 3.63) is 59.4 Å². The maximum atomic E-state index is 13.6. The van der Waals surface area contributed by atoms with Crippen LogP contribution in [0.25, 0.3) is 11.0 Å². The number of rotatable bonds is 8. The normalized spacial score (nSPS) is 13.4. The Balaban J connectivity index is 1.80. The number of benzene rings is 2. The van der Waals surface area contributed by atoms with Crippen LogP contribution >= 0.6 is 0 Å². The van der Waals surface area contributed by atoms with Crippen LogP contribution < -0.4 is 5.32 Å². The van der Waals surface area contributed by atoms with E-state index in [0.717, 1.165) is 9.87 Å². The fourth-order valence-corrected chi connectivity index (χ4v) is 4.57. The van der Waals surface area contributed by atoms with Crippen molar-refractivity contribution in [1.29, 1.82) is 0 Å². The van der Waals surface area contributed by atoms with Gasteiger partial charge in [-0.1, -0.05) is 29.8 Å². The van der Waals surface area contributed by atoms with E-state index in [4.69, 9.17) is 0 Å². The number of nitrogens with zero attached hydrogens (tertiary/aromatic N) is 3. The van der Waals surface area contributed by atoms with Crippen LogP contribution in [-0.4, -0.2) is 48.5 Å². The fraction of sp³-hybridized carbons (Fsp3) is 0.391. The largest absolute Gasteiger partial charge is 0.412 e. The molecule has 0 aliphatic heterocycles. The van der Waals surface area contributed by atoms with Crippen molar-refractivity contribution < 1.29 is 26.4 Å². The van der Waals surface area contributed by atoms with E-state index in [1.807, 2.05) is 11.5 Å². The van der Waals surface area contributed by atoms with Gasteiger partial charge in [0, 0.05) is 33.5 Å². The lowest BCUT2D eigenvalue weighted by Crippen LogP contribution is -2.38. The predicted octanol–water partition coefficient (Wildman–Crippen LogP) is 3.97. The molecule has 2 aromatic carbocycles. The maximum absolute atomic E-state index is 13.6. The molecule has 1 amide bonds. The highest BCUT2D eigenvalue weighted by molar-refractivity contribution is 7.89. The lowest BCUT2D eigenvalue weighted by molar-refractivity contribution is -0.163. The molecule has 0 saturated heterocycles. The first-order chi connectivity index (χ1) is 15.8. The van der Waals surface area contributed by atoms with Gasteiger partial charge < -0.3 is 9.88 Å². The highest BCUT2D eigenvalue weighted by Crippen LogP contribution is 2.33. The van der Waals surface area contributed by atoms with Crippen LogP contribution in [0.1, 0.15) is 36.3 Å². The third-order valence-electron chi connectivity index (χ3n) is 5.51. The van der Waals surface area contributed by atoms with Gasteiger partial charge in [0.2, 0.25) is 15.9 Å². The molecule has 34 heavy (non-hydrogen) atoms. The van der Waals surface area contributed by atoms with E-state index in [1.54, 1.807) is 25.1 Å². The third kappa shape index (κ3) is 5.41. The zero-order chi connectivity index (χ0) is 25.3. The zero-order valence-corrected chi connectivity index (χ0v) is 20.2. The molecular formula is C23H27F3N4O3S. The smallest absolute Gasteiger partial charge is 0.341 e. The van der Waals surface area contributed by atoms with Gasteiger partial charge in [0.25, 0.3) is 0 Å². The van der Waals surface area contributed by atoms with Crippen LogP contribution in [0, 0.1) is 6.92 Å². The SMILES string of the molecule is CCn1c(CCC(=O)N[C@@H](c2ccc(C)cc2)C(F)(F)F)nc2cc(S(=O)(=O)N(C)C)ccc21. The van der Waals surface area contributed by atoms with Crippen molar-refractivity contribution in [3.8, 4) is 0 Å². The maximum Gasteiger partial charge on any atom is 0.412 e. The summed E-state index contributed by atoms with van der Waals surface area (Å²) in [5.41, 5.74) is 1.90. The second kappa shape index (κ2) is 9.75. The van der Waals surface area contributed by atoms with Crippen LogP contribution in [-0.2, 0) is 27.8 Å². The lowest BCUT2D eigenvalue weighted by Gasteiger charge is -2.22. The van der Waals surface area contributed by atoms with Gasteiger partial charge in [-0.25, -0.2) is 17.7 Å². The molecule has 3 rings (SSSR count). The lowest BCUT2D eigenvalue weighted by atomic mass is 10.0. The van der Waals surface area contributed by atoms with Gasteiger partial charge >= 0.3 is 6.18 Å². The number of carbonyl (C=O) groups excluding carboxylic acids is 1. The summed E-state index contributed by atoms with van der Waals surface area (Å²) in [7, 11) is -0.788. The molecule has 1 heterocycles. The van der Waals surface area contributed by atoms with Crippen molar-refractivity contribution in [2.24, 2.45) is 0 Å². The number of sulfonamides is 1. The summed E-state index contributed by atoms with van der Waals surface area (Å²) in [4.78, 5) is 17.0. The van der Waals surface area contributed by atoms with E-state index in [1.165, 1.54) is 38.4 Å². The highest BCUT2D eigenvalue weighted by atomic mass is 32.2. The molecule has 1 aromatic heterocycles. The number of alkyl halides is 3. The number of aryl methyl sites for hydroxylation is 3. The van der Waals surface area contributed by atoms with Crippen molar-refractivity contribution in [1.82, 2.24) is 19.2 Å². The average molecular weight is 497 g/mol. The number of fused-ring (bicyclic) bond motifs is 1. The number of halogens is 3. The summed E-state index contributed by atoms with van der Waals surface area (Å²) in [5, 5.41) is 2.09. The van der Waals surface area contributed by atoms with Crippen LogP contribution in [0.3, 0.4) is 0 Å². The Labute approximate surface area is 196 Å². The van der Waals surface area contributed by atoms with Crippen LogP contribution in [0.4, 0.5) is 13.2 Å². The molecule has 0 bridgehead atoms. The summed E-state index contributed by atoms with van der Waals surface area (Å²) in [5.74, 6) is -0.264. The number of carbonyl (C=O) groups is 1. The van der Waals surface area contributed by atoms with E-state index in [2.05, 4.69) is 10.3 Å². The molecule has 1 N–H and O–H groups in total. The summed E-state index contributed by atoms with van der Waals surface area (Å²) in [6.07, 6.45) is -4.75. The number of nitrogens with one attached hydrogen (secondary N) is 1. The summed E-state index contributed by atoms with van der Waals surface area (Å²) in [6, 6.07) is 8.30. The standard InChI is InChI=1S/C23H27F3N4O3S/c1-5-30-19-11-10-17(34(32,33)29(3)4)14-18(19)27-20(30)12-13-21(31)28-22(23(24,25)26)16-8-6-15(2)7-9-16/h6-11,14,22H,5,12-13H2,1-4H3,(H,28,31)/t22-/m0/s1. The Morgan fingerprint density at radius 1 is 1.15 bits per heavy atom. The first-order valence-electron chi connectivity index (χ1n) is 10.7. The zero-order valence-electron chi connectivity index (χ0n) is 19.3. The van der Waals surface area contributed by atoms with Gasteiger partial charge in [-0.2, -0.15) is 13.2 Å². The minimum absolute atomic E-state index is 0.0399. The van der Waals surface area contributed by atoms with Gasteiger partial charge in [0.05, 0.1) is 15.9 Å². The minimum Gasteiger partial charge on any atom is -0.341 e. The van der Waals surface area contributed by atoms with E-state index in [0.29, 0.717) is 23.4 Å². The summed E-state index contributed by atoms with van der Waals surface area (Å²) >= 11 is 0.